The average molecular weight is 278 g/mol. The first-order valence-corrected chi connectivity index (χ1v) is 7.42. The van der Waals surface area contributed by atoms with Crippen LogP contribution in [0.15, 0.2) is 17.8 Å². The van der Waals surface area contributed by atoms with Gasteiger partial charge < -0.3 is 10.2 Å². The fraction of sp³-hybridized carbons (Fsp3) is 0.583. The minimum atomic E-state index is 0.568. The van der Waals surface area contributed by atoms with Gasteiger partial charge in [0.05, 0.1) is 5.69 Å². The zero-order valence-corrected chi connectivity index (χ0v) is 11.8. The van der Waals surface area contributed by atoms with Crippen molar-refractivity contribution in [2.24, 2.45) is 7.05 Å². The largest absolute Gasteiger partial charge is 0.348 e. The van der Waals surface area contributed by atoms with Gasteiger partial charge >= 0.3 is 0 Å². The van der Waals surface area contributed by atoms with E-state index in [1.165, 1.54) is 0 Å². The van der Waals surface area contributed by atoms with Crippen molar-refractivity contribution in [1.82, 2.24) is 25.3 Å². The predicted octanol–water partition coefficient (Wildman–Crippen LogP) is 1.03. The highest BCUT2D eigenvalue weighted by atomic mass is 32.1. The van der Waals surface area contributed by atoms with E-state index in [9.17, 15) is 0 Å². The Morgan fingerprint density at radius 3 is 2.89 bits per heavy atom. The van der Waals surface area contributed by atoms with Crippen LogP contribution in [0, 0.1) is 0 Å². The molecule has 0 saturated carbocycles. The van der Waals surface area contributed by atoms with Gasteiger partial charge in [0.15, 0.2) is 5.13 Å². The van der Waals surface area contributed by atoms with Crippen LogP contribution in [0.4, 0.5) is 5.13 Å². The van der Waals surface area contributed by atoms with Crippen molar-refractivity contribution in [3.63, 3.8) is 0 Å². The molecule has 6 nitrogen and oxygen atoms in total. The summed E-state index contributed by atoms with van der Waals surface area (Å²) in [5.41, 5.74) is 1.00. The molecule has 3 rings (SSSR count). The molecule has 0 bridgehead atoms. The van der Waals surface area contributed by atoms with E-state index >= 15 is 0 Å². The molecule has 7 heteroatoms. The molecule has 1 saturated heterocycles. The summed E-state index contributed by atoms with van der Waals surface area (Å²) in [6, 6.07) is 0.568. The van der Waals surface area contributed by atoms with Gasteiger partial charge in [0.2, 0.25) is 0 Å². The normalized spacial score (nSPS) is 17.0. The SMILES string of the molecule is Cn1cc(CNC2CCN(c3nccs3)CC2)nn1. The third kappa shape index (κ3) is 3.10. The maximum absolute atomic E-state index is 4.36. The summed E-state index contributed by atoms with van der Waals surface area (Å²) in [7, 11) is 1.89. The topological polar surface area (TPSA) is 58.9 Å². The number of aromatic nitrogens is 4. The van der Waals surface area contributed by atoms with Crippen molar-refractivity contribution in [2.75, 3.05) is 18.0 Å². The van der Waals surface area contributed by atoms with Crippen LogP contribution in [0.25, 0.3) is 0 Å². The molecule has 1 N–H and O–H groups in total. The number of piperidine rings is 1. The number of hydrogen-bond acceptors (Lipinski definition) is 6. The maximum atomic E-state index is 4.36. The Balaban J connectivity index is 1.45. The van der Waals surface area contributed by atoms with E-state index in [1.54, 1.807) is 16.0 Å². The number of thiazole rings is 1. The van der Waals surface area contributed by atoms with E-state index < -0.39 is 0 Å². The van der Waals surface area contributed by atoms with Gasteiger partial charge in [-0.05, 0) is 12.8 Å². The molecule has 1 aliphatic heterocycles. The first-order valence-electron chi connectivity index (χ1n) is 6.54. The highest BCUT2D eigenvalue weighted by Crippen LogP contribution is 2.21. The lowest BCUT2D eigenvalue weighted by molar-refractivity contribution is 0.412. The van der Waals surface area contributed by atoms with E-state index in [1.807, 2.05) is 24.8 Å². The van der Waals surface area contributed by atoms with Gasteiger partial charge in [-0.2, -0.15) is 0 Å². The van der Waals surface area contributed by atoms with Crippen LogP contribution < -0.4 is 10.2 Å². The van der Waals surface area contributed by atoms with E-state index in [0.29, 0.717) is 6.04 Å². The summed E-state index contributed by atoms with van der Waals surface area (Å²) < 4.78 is 1.74. The molecule has 19 heavy (non-hydrogen) atoms. The third-order valence-corrected chi connectivity index (χ3v) is 4.24. The molecule has 2 aromatic heterocycles. The summed E-state index contributed by atoms with van der Waals surface area (Å²) in [6.07, 6.45) is 6.13. The second-order valence-electron chi connectivity index (χ2n) is 4.84. The lowest BCUT2D eigenvalue weighted by atomic mass is 10.1. The molecule has 0 spiro atoms. The molecule has 102 valence electrons. The molecule has 2 aromatic rings. The van der Waals surface area contributed by atoms with Crippen LogP contribution >= 0.6 is 11.3 Å². The highest BCUT2D eigenvalue weighted by Gasteiger charge is 2.20. The van der Waals surface area contributed by atoms with Crippen LogP contribution in [0.1, 0.15) is 18.5 Å². The first-order chi connectivity index (χ1) is 9.31. The van der Waals surface area contributed by atoms with Crippen molar-refractivity contribution < 1.29 is 0 Å². The van der Waals surface area contributed by atoms with Crippen LogP contribution in [0.3, 0.4) is 0 Å². The number of hydrogen-bond donors (Lipinski definition) is 1. The van der Waals surface area contributed by atoms with Crippen LogP contribution in [-0.2, 0) is 13.6 Å². The van der Waals surface area contributed by atoms with Crippen LogP contribution in [0.2, 0.25) is 0 Å². The van der Waals surface area contributed by atoms with Gasteiger partial charge in [-0.3, -0.25) is 4.68 Å². The minimum Gasteiger partial charge on any atom is -0.348 e. The number of nitrogens with zero attached hydrogens (tertiary/aromatic N) is 5. The summed E-state index contributed by atoms with van der Waals surface area (Å²) in [5, 5.41) is 14.8. The second kappa shape index (κ2) is 5.66. The molecule has 1 aliphatic rings. The molecule has 0 unspecified atom stereocenters. The summed E-state index contributed by atoms with van der Waals surface area (Å²) in [6.45, 7) is 2.95. The van der Waals surface area contributed by atoms with Crippen LogP contribution in [-0.4, -0.2) is 39.1 Å². The van der Waals surface area contributed by atoms with E-state index in [4.69, 9.17) is 0 Å². The lowest BCUT2D eigenvalue weighted by Crippen LogP contribution is -2.42. The molecule has 3 heterocycles. The molecular weight excluding hydrogens is 260 g/mol. The molecule has 0 radical (unpaired) electrons. The number of aryl methyl sites for hydroxylation is 1. The number of nitrogens with one attached hydrogen (secondary N) is 1. The Hall–Kier alpha value is -1.47. The van der Waals surface area contributed by atoms with Crippen molar-refractivity contribution in [3.05, 3.63) is 23.5 Å². The molecule has 0 atom stereocenters. The van der Waals surface area contributed by atoms with Crippen LogP contribution in [0.5, 0.6) is 0 Å². The third-order valence-electron chi connectivity index (χ3n) is 3.41. The zero-order chi connectivity index (χ0) is 13.1. The standard InChI is InChI=1S/C12H18N6S/c1-17-9-11(15-16-17)8-14-10-2-5-18(6-3-10)12-13-4-7-19-12/h4,7,9-10,14H,2-3,5-6,8H2,1H3. The second-order valence-corrected chi connectivity index (χ2v) is 5.71. The molecule has 1 fully saturated rings. The summed E-state index contributed by atoms with van der Waals surface area (Å²) >= 11 is 1.72. The van der Waals surface area contributed by atoms with Crippen molar-refractivity contribution in [3.8, 4) is 0 Å². The average Bonchev–Trinajstić information content (AvgIpc) is 3.08. The van der Waals surface area contributed by atoms with Crippen molar-refractivity contribution >= 4 is 16.5 Å². The fourth-order valence-electron chi connectivity index (χ4n) is 2.37. The highest BCUT2D eigenvalue weighted by molar-refractivity contribution is 7.13. The minimum absolute atomic E-state index is 0.568. The van der Waals surface area contributed by atoms with E-state index in [2.05, 4.69) is 25.5 Å². The summed E-state index contributed by atoms with van der Waals surface area (Å²) in [4.78, 5) is 6.73. The monoisotopic (exact) mass is 278 g/mol. The maximum Gasteiger partial charge on any atom is 0.185 e. The smallest absolute Gasteiger partial charge is 0.185 e. The van der Waals surface area contributed by atoms with Gasteiger partial charge in [-0.1, -0.05) is 5.21 Å². The van der Waals surface area contributed by atoms with Gasteiger partial charge in [0.1, 0.15) is 0 Å². The van der Waals surface area contributed by atoms with Gasteiger partial charge in [-0.15, -0.1) is 16.4 Å². The molecule has 0 aliphatic carbocycles. The molecule has 0 aromatic carbocycles. The van der Waals surface area contributed by atoms with Gasteiger partial charge in [0.25, 0.3) is 0 Å². The quantitative estimate of drug-likeness (QED) is 0.905. The first kappa shape index (κ1) is 12.6. The lowest BCUT2D eigenvalue weighted by Gasteiger charge is -2.32. The Bertz CT molecular complexity index is 500. The number of anilines is 1. The zero-order valence-electron chi connectivity index (χ0n) is 11.0. The Kier molecular flexibility index (Phi) is 3.74. The van der Waals surface area contributed by atoms with E-state index in [-0.39, 0.29) is 0 Å². The van der Waals surface area contributed by atoms with Gasteiger partial charge in [0, 0.05) is 50.5 Å². The Morgan fingerprint density at radius 2 is 2.26 bits per heavy atom. The Morgan fingerprint density at radius 1 is 1.42 bits per heavy atom. The van der Waals surface area contributed by atoms with Crippen molar-refractivity contribution in [1.29, 1.82) is 0 Å². The van der Waals surface area contributed by atoms with Crippen molar-refractivity contribution in [2.45, 2.75) is 25.4 Å². The molecule has 0 amide bonds. The summed E-state index contributed by atoms with van der Waals surface area (Å²) in [5.74, 6) is 0. The fourth-order valence-corrected chi connectivity index (χ4v) is 3.07. The molecular formula is C12H18N6S. The number of rotatable bonds is 4. The predicted molar refractivity (Wildman–Crippen MR) is 75.2 cm³/mol. The Labute approximate surface area is 116 Å². The van der Waals surface area contributed by atoms with E-state index in [0.717, 1.165) is 43.3 Å². The van der Waals surface area contributed by atoms with Gasteiger partial charge in [-0.25, -0.2) is 4.98 Å².